The Labute approximate surface area is 122 Å². The first-order chi connectivity index (χ1) is 9.20. The quantitative estimate of drug-likeness (QED) is 0.879. The summed E-state index contributed by atoms with van der Waals surface area (Å²) in [6.45, 7) is 2.22. The molecule has 0 spiro atoms. The van der Waals surface area contributed by atoms with E-state index in [2.05, 4.69) is 4.98 Å². The molecule has 0 aliphatic rings. The molecule has 102 valence electrons. The highest BCUT2D eigenvalue weighted by atomic mass is 35.5. The fourth-order valence-corrected chi connectivity index (χ4v) is 2.73. The second-order valence-corrected chi connectivity index (χ2v) is 5.84. The minimum absolute atomic E-state index is 0.212. The summed E-state index contributed by atoms with van der Waals surface area (Å²) in [5.41, 5.74) is 0.858. The van der Waals surface area contributed by atoms with Crippen molar-refractivity contribution in [2.45, 2.75) is 12.7 Å². The van der Waals surface area contributed by atoms with Crippen molar-refractivity contribution in [1.82, 2.24) is 4.98 Å². The van der Waals surface area contributed by atoms with Crippen LogP contribution in [0.15, 0.2) is 34.9 Å². The molecule has 0 saturated carbocycles. The molecule has 1 aromatic heterocycles. The molecule has 1 atom stereocenters. The summed E-state index contributed by atoms with van der Waals surface area (Å²) in [4.78, 5) is 4.25. The van der Waals surface area contributed by atoms with Crippen LogP contribution in [0.5, 0.6) is 0 Å². The summed E-state index contributed by atoms with van der Waals surface area (Å²) >= 11 is 7.81. The van der Waals surface area contributed by atoms with Crippen LogP contribution >= 0.6 is 23.4 Å². The summed E-state index contributed by atoms with van der Waals surface area (Å²) in [5.74, 6) is 3.26. The molecular weight excluding hydrogens is 282 g/mol. The number of thioether (sulfide) groups is 1. The average Bonchev–Trinajstić information content (AvgIpc) is 2.87. The zero-order valence-electron chi connectivity index (χ0n) is 10.7. The fraction of sp³-hybridized carbons (Fsp3) is 0.357. The van der Waals surface area contributed by atoms with Crippen molar-refractivity contribution in [2.24, 2.45) is 5.92 Å². The van der Waals surface area contributed by atoms with E-state index >= 15 is 0 Å². The lowest BCUT2D eigenvalue weighted by atomic mass is 10.2. The number of aliphatic hydroxyl groups excluding tert-OH is 1. The smallest absolute Gasteiger partial charge is 0.204 e. The number of halogens is 1. The number of aliphatic hydroxyl groups is 1. The molecule has 1 N–H and O–H groups in total. The second-order valence-electron chi connectivity index (χ2n) is 4.40. The number of hydrogen-bond acceptors (Lipinski definition) is 4. The van der Waals surface area contributed by atoms with Crippen molar-refractivity contribution >= 4 is 23.4 Å². The van der Waals surface area contributed by atoms with E-state index in [0.29, 0.717) is 28.3 Å². The molecule has 1 unspecified atom stereocenters. The number of aromatic nitrogens is 1. The number of rotatable bonds is 6. The third-order valence-electron chi connectivity index (χ3n) is 2.63. The molecule has 0 bridgehead atoms. The van der Waals surface area contributed by atoms with E-state index in [9.17, 15) is 0 Å². The Kier molecular flexibility index (Phi) is 5.31. The summed E-state index contributed by atoms with van der Waals surface area (Å²) in [6, 6.07) is 7.54. The summed E-state index contributed by atoms with van der Waals surface area (Å²) in [6.07, 6.45) is 1.70. The van der Waals surface area contributed by atoms with Crippen molar-refractivity contribution in [3.05, 3.63) is 41.4 Å². The highest BCUT2D eigenvalue weighted by molar-refractivity contribution is 7.98. The van der Waals surface area contributed by atoms with Crippen molar-refractivity contribution in [3.8, 4) is 11.3 Å². The minimum Gasteiger partial charge on any atom is -0.440 e. The maximum absolute atomic E-state index is 8.95. The van der Waals surface area contributed by atoms with E-state index in [1.165, 1.54) is 0 Å². The number of oxazole rings is 1. The lowest BCUT2D eigenvalue weighted by Crippen LogP contribution is -2.03. The predicted molar refractivity (Wildman–Crippen MR) is 79.4 cm³/mol. The van der Waals surface area contributed by atoms with Crippen LogP contribution < -0.4 is 0 Å². The molecular formula is C14H16ClNO2S. The van der Waals surface area contributed by atoms with Crippen LogP contribution in [0.25, 0.3) is 11.3 Å². The fourth-order valence-electron chi connectivity index (χ4n) is 1.56. The van der Waals surface area contributed by atoms with E-state index in [1.54, 1.807) is 18.0 Å². The van der Waals surface area contributed by atoms with Gasteiger partial charge >= 0.3 is 0 Å². The van der Waals surface area contributed by atoms with Crippen molar-refractivity contribution < 1.29 is 9.52 Å². The monoisotopic (exact) mass is 297 g/mol. The maximum atomic E-state index is 8.95. The number of hydrogen-bond donors (Lipinski definition) is 1. The predicted octanol–water partition coefficient (Wildman–Crippen LogP) is 3.86. The molecule has 1 aromatic carbocycles. The van der Waals surface area contributed by atoms with E-state index in [0.717, 1.165) is 11.3 Å². The van der Waals surface area contributed by atoms with Crippen LogP contribution in [0.1, 0.15) is 12.8 Å². The van der Waals surface area contributed by atoms with Crippen LogP contribution in [0, 0.1) is 5.92 Å². The molecule has 0 fully saturated rings. The van der Waals surface area contributed by atoms with E-state index in [1.807, 2.05) is 31.2 Å². The van der Waals surface area contributed by atoms with Gasteiger partial charge in [0.25, 0.3) is 0 Å². The van der Waals surface area contributed by atoms with Gasteiger partial charge in [0.2, 0.25) is 5.89 Å². The van der Waals surface area contributed by atoms with Crippen LogP contribution in [0.3, 0.4) is 0 Å². The van der Waals surface area contributed by atoms with Crippen molar-refractivity contribution in [2.75, 3.05) is 12.4 Å². The first-order valence-corrected chi connectivity index (χ1v) is 7.62. The lowest BCUT2D eigenvalue weighted by Gasteiger charge is -2.05. The molecule has 3 nitrogen and oxygen atoms in total. The molecule has 0 aliphatic heterocycles. The molecule has 2 rings (SSSR count). The highest BCUT2D eigenvalue weighted by Crippen LogP contribution is 2.28. The van der Waals surface area contributed by atoms with Gasteiger partial charge < -0.3 is 9.52 Å². The molecule has 0 aliphatic carbocycles. The van der Waals surface area contributed by atoms with Gasteiger partial charge in [0.05, 0.1) is 17.0 Å². The van der Waals surface area contributed by atoms with E-state index in [-0.39, 0.29) is 6.61 Å². The van der Waals surface area contributed by atoms with Gasteiger partial charge in [-0.25, -0.2) is 4.98 Å². The average molecular weight is 298 g/mol. The van der Waals surface area contributed by atoms with Gasteiger partial charge in [0.15, 0.2) is 5.76 Å². The Morgan fingerprint density at radius 1 is 1.42 bits per heavy atom. The molecule has 5 heteroatoms. The molecule has 0 radical (unpaired) electrons. The highest BCUT2D eigenvalue weighted by Gasteiger charge is 2.10. The van der Waals surface area contributed by atoms with Gasteiger partial charge in [0, 0.05) is 12.2 Å². The first kappa shape index (κ1) is 14.4. The van der Waals surface area contributed by atoms with E-state index in [4.69, 9.17) is 21.1 Å². The standard InChI is InChI=1S/C14H16ClNO2S/c1-10(7-17)8-19-9-14-16-6-13(18-14)11-4-2-3-5-12(11)15/h2-6,10,17H,7-9H2,1H3. The largest absolute Gasteiger partial charge is 0.440 e. The Hall–Kier alpha value is -0.970. The third kappa shape index (κ3) is 4.00. The van der Waals surface area contributed by atoms with Gasteiger partial charge in [-0.15, -0.1) is 0 Å². The Morgan fingerprint density at radius 3 is 2.95 bits per heavy atom. The normalized spacial score (nSPS) is 12.6. The first-order valence-electron chi connectivity index (χ1n) is 6.09. The van der Waals surface area contributed by atoms with Crippen LogP contribution in [-0.2, 0) is 5.75 Å². The zero-order chi connectivity index (χ0) is 13.7. The van der Waals surface area contributed by atoms with Crippen LogP contribution in [0.4, 0.5) is 0 Å². The van der Waals surface area contributed by atoms with Gasteiger partial charge in [-0.05, 0) is 23.8 Å². The van der Waals surface area contributed by atoms with Crippen LogP contribution in [-0.4, -0.2) is 22.5 Å². The maximum Gasteiger partial charge on any atom is 0.204 e. The SMILES string of the molecule is CC(CO)CSCc1ncc(-c2ccccc2Cl)o1. The Balaban J connectivity index is 1.98. The molecule has 0 amide bonds. The lowest BCUT2D eigenvalue weighted by molar-refractivity contribution is 0.250. The molecule has 0 saturated heterocycles. The van der Waals surface area contributed by atoms with Crippen LogP contribution in [0.2, 0.25) is 5.02 Å². The Bertz CT molecular complexity index is 530. The molecule has 1 heterocycles. The molecule has 19 heavy (non-hydrogen) atoms. The van der Waals surface area contributed by atoms with E-state index < -0.39 is 0 Å². The number of benzene rings is 1. The third-order valence-corrected chi connectivity index (χ3v) is 4.22. The summed E-state index contributed by atoms with van der Waals surface area (Å²) in [5, 5.41) is 9.61. The van der Waals surface area contributed by atoms with Gasteiger partial charge in [-0.1, -0.05) is 30.7 Å². The minimum atomic E-state index is 0.212. The van der Waals surface area contributed by atoms with Crippen molar-refractivity contribution in [1.29, 1.82) is 0 Å². The van der Waals surface area contributed by atoms with Gasteiger partial charge in [-0.3, -0.25) is 0 Å². The molecule has 2 aromatic rings. The number of nitrogens with zero attached hydrogens (tertiary/aromatic N) is 1. The second kappa shape index (κ2) is 6.98. The van der Waals surface area contributed by atoms with Crippen molar-refractivity contribution in [3.63, 3.8) is 0 Å². The van der Waals surface area contributed by atoms with Gasteiger partial charge in [0.1, 0.15) is 0 Å². The summed E-state index contributed by atoms with van der Waals surface area (Å²) in [7, 11) is 0. The topological polar surface area (TPSA) is 46.3 Å². The zero-order valence-corrected chi connectivity index (χ0v) is 12.2. The van der Waals surface area contributed by atoms with Gasteiger partial charge in [-0.2, -0.15) is 11.8 Å². The summed E-state index contributed by atoms with van der Waals surface area (Å²) < 4.78 is 5.69. The Morgan fingerprint density at radius 2 is 2.21 bits per heavy atom.